The molecule has 1 heterocycles. The Morgan fingerprint density at radius 3 is 2.84 bits per heavy atom. The summed E-state index contributed by atoms with van der Waals surface area (Å²) in [5.41, 5.74) is 1.81. The van der Waals surface area contributed by atoms with Crippen LogP contribution in [0.4, 0.5) is 0 Å². The maximum Gasteiger partial charge on any atom is 0.0537 e. The summed E-state index contributed by atoms with van der Waals surface area (Å²) in [7, 11) is 0. The fourth-order valence-corrected chi connectivity index (χ4v) is 3.58. The molecule has 1 saturated carbocycles. The molecular formula is C16H29N3. The summed E-state index contributed by atoms with van der Waals surface area (Å²) in [6.07, 6.45) is 9.50. The highest BCUT2D eigenvalue weighted by molar-refractivity contribution is 5.14. The first-order valence-electron chi connectivity index (χ1n) is 7.84. The number of hydrogen-bond donors (Lipinski definition) is 1. The summed E-state index contributed by atoms with van der Waals surface area (Å²) in [4.78, 5) is 0. The Balaban J connectivity index is 2.18. The van der Waals surface area contributed by atoms with Crippen LogP contribution in [0.25, 0.3) is 0 Å². The fraction of sp³-hybridized carbons (Fsp3) is 0.812. The van der Waals surface area contributed by atoms with E-state index in [0.29, 0.717) is 11.5 Å². The average Bonchev–Trinajstić information content (AvgIpc) is 2.94. The van der Waals surface area contributed by atoms with E-state index in [1.165, 1.54) is 24.8 Å². The van der Waals surface area contributed by atoms with Gasteiger partial charge in [0.25, 0.3) is 0 Å². The van der Waals surface area contributed by atoms with Crippen LogP contribution in [-0.2, 0) is 6.54 Å². The van der Waals surface area contributed by atoms with Gasteiger partial charge in [0, 0.05) is 24.3 Å². The average molecular weight is 263 g/mol. The van der Waals surface area contributed by atoms with Crippen LogP contribution in [-0.4, -0.2) is 16.3 Å². The SMILES string of the molecule is CCCn1cc(C(NCC)C2CCCC2(C)C)cn1. The molecule has 108 valence electrons. The molecule has 19 heavy (non-hydrogen) atoms. The highest BCUT2D eigenvalue weighted by Crippen LogP contribution is 2.48. The van der Waals surface area contributed by atoms with Crippen LogP contribution in [0.3, 0.4) is 0 Å². The molecule has 1 aliphatic carbocycles. The van der Waals surface area contributed by atoms with Crippen molar-refractivity contribution in [3.8, 4) is 0 Å². The lowest BCUT2D eigenvalue weighted by Crippen LogP contribution is -2.33. The minimum atomic E-state index is 0.444. The van der Waals surface area contributed by atoms with Gasteiger partial charge in [0.2, 0.25) is 0 Å². The molecule has 0 saturated heterocycles. The minimum absolute atomic E-state index is 0.444. The number of aryl methyl sites for hydroxylation is 1. The van der Waals surface area contributed by atoms with E-state index < -0.39 is 0 Å². The summed E-state index contributed by atoms with van der Waals surface area (Å²) in [5.74, 6) is 0.728. The van der Waals surface area contributed by atoms with Gasteiger partial charge in [-0.2, -0.15) is 5.10 Å². The Hall–Kier alpha value is -0.830. The quantitative estimate of drug-likeness (QED) is 0.846. The van der Waals surface area contributed by atoms with Gasteiger partial charge in [-0.25, -0.2) is 0 Å². The summed E-state index contributed by atoms with van der Waals surface area (Å²) in [5, 5.41) is 8.20. The molecule has 2 rings (SSSR count). The van der Waals surface area contributed by atoms with E-state index in [1.807, 2.05) is 0 Å². The summed E-state index contributed by atoms with van der Waals surface area (Å²) in [6.45, 7) is 11.3. The Morgan fingerprint density at radius 1 is 1.47 bits per heavy atom. The van der Waals surface area contributed by atoms with Crippen molar-refractivity contribution in [2.24, 2.45) is 11.3 Å². The topological polar surface area (TPSA) is 29.9 Å². The fourth-order valence-electron chi connectivity index (χ4n) is 3.58. The molecule has 3 nitrogen and oxygen atoms in total. The van der Waals surface area contributed by atoms with Gasteiger partial charge in [0.05, 0.1) is 6.20 Å². The molecule has 0 aromatic carbocycles. The molecule has 2 atom stereocenters. The van der Waals surface area contributed by atoms with E-state index in [-0.39, 0.29) is 0 Å². The van der Waals surface area contributed by atoms with Crippen LogP contribution in [0.2, 0.25) is 0 Å². The van der Waals surface area contributed by atoms with E-state index in [4.69, 9.17) is 0 Å². The second-order valence-corrected chi connectivity index (χ2v) is 6.56. The van der Waals surface area contributed by atoms with Crippen molar-refractivity contribution in [2.45, 2.75) is 66.0 Å². The zero-order chi connectivity index (χ0) is 13.9. The largest absolute Gasteiger partial charge is 0.310 e. The van der Waals surface area contributed by atoms with E-state index in [0.717, 1.165) is 25.4 Å². The predicted octanol–water partition coefficient (Wildman–Crippen LogP) is 3.77. The van der Waals surface area contributed by atoms with E-state index in [1.54, 1.807) is 0 Å². The van der Waals surface area contributed by atoms with Crippen molar-refractivity contribution >= 4 is 0 Å². The van der Waals surface area contributed by atoms with Crippen LogP contribution >= 0.6 is 0 Å². The Bertz CT molecular complexity index is 394. The van der Waals surface area contributed by atoms with Gasteiger partial charge < -0.3 is 5.32 Å². The van der Waals surface area contributed by atoms with Gasteiger partial charge >= 0.3 is 0 Å². The minimum Gasteiger partial charge on any atom is -0.310 e. The lowest BCUT2D eigenvalue weighted by molar-refractivity contribution is 0.199. The first-order valence-corrected chi connectivity index (χ1v) is 7.84. The Kier molecular flexibility index (Phi) is 4.67. The second-order valence-electron chi connectivity index (χ2n) is 6.56. The highest BCUT2D eigenvalue weighted by Gasteiger charge is 2.40. The molecule has 0 radical (unpaired) electrons. The molecule has 1 aliphatic rings. The number of hydrogen-bond acceptors (Lipinski definition) is 2. The third kappa shape index (κ3) is 3.19. The number of nitrogens with zero attached hydrogens (tertiary/aromatic N) is 2. The zero-order valence-corrected chi connectivity index (χ0v) is 12.9. The van der Waals surface area contributed by atoms with Crippen molar-refractivity contribution < 1.29 is 0 Å². The third-order valence-electron chi connectivity index (χ3n) is 4.63. The van der Waals surface area contributed by atoms with Gasteiger partial charge in [-0.3, -0.25) is 4.68 Å². The molecule has 0 spiro atoms. The molecule has 0 amide bonds. The normalized spacial score (nSPS) is 23.7. The van der Waals surface area contributed by atoms with Crippen molar-refractivity contribution in [1.82, 2.24) is 15.1 Å². The molecule has 1 fully saturated rings. The molecule has 2 unspecified atom stereocenters. The second kappa shape index (κ2) is 6.08. The van der Waals surface area contributed by atoms with E-state index >= 15 is 0 Å². The Morgan fingerprint density at radius 2 is 2.26 bits per heavy atom. The third-order valence-corrected chi connectivity index (χ3v) is 4.63. The first-order chi connectivity index (χ1) is 9.08. The molecule has 1 N–H and O–H groups in total. The van der Waals surface area contributed by atoms with Gasteiger partial charge in [-0.05, 0) is 37.1 Å². The van der Waals surface area contributed by atoms with Crippen LogP contribution in [0, 0.1) is 11.3 Å². The molecular weight excluding hydrogens is 234 g/mol. The predicted molar refractivity (Wildman–Crippen MR) is 80.1 cm³/mol. The lowest BCUT2D eigenvalue weighted by Gasteiger charge is -2.34. The monoisotopic (exact) mass is 263 g/mol. The van der Waals surface area contributed by atoms with Gasteiger partial charge in [0.1, 0.15) is 0 Å². The summed E-state index contributed by atoms with van der Waals surface area (Å²) >= 11 is 0. The van der Waals surface area contributed by atoms with Crippen molar-refractivity contribution in [1.29, 1.82) is 0 Å². The summed E-state index contributed by atoms with van der Waals surface area (Å²) in [6, 6.07) is 0.466. The summed E-state index contributed by atoms with van der Waals surface area (Å²) < 4.78 is 2.08. The standard InChI is InChI=1S/C16H29N3/c1-5-10-19-12-13(11-18-19)15(17-6-2)14-8-7-9-16(14,3)4/h11-12,14-15,17H,5-10H2,1-4H3. The van der Waals surface area contributed by atoms with Crippen molar-refractivity contribution in [2.75, 3.05) is 6.54 Å². The van der Waals surface area contributed by atoms with Gasteiger partial charge in [0.15, 0.2) is 0 Å². The maximum absolute atomic E-state index is 4.50. The molecule has 1 aromatic rings. The highest BCUT2D eigenvalue weighted by atomic mass is 15.3. The van der Waals surface area contributed by atoms with Crippen LogP contribution in [0.1, 0.15) is 65.0 Å². The first kappa shape index (κ1) is 14.6. The number of nitrogens with one attached hydrogen (secondary N) is 1. The van der Waals surface area contributed by atoms with Gasteiger partial charge in [-0.15, -0.1) is 0 Å². The Labute approximate surface area is 117 Å². The van der Waals surface area contributed by atoms with E-state index in [9.17, 15) is 0 Å². The molecule has 0 aliphatic heterocycles. The van der Waals surface area contributed by atoms with Crippen molar-refractivity contribution in [3.63, 3.8) is 0 Å². The van der Waals surface area contributed by atoms with E-state index in [2.05, 4.69) is 55.2 Å². The molecule has 3 heteroatoms. The van der Waals surface area contributed by atoms with Crippen LogP contribution in [0.15, 0.2) is 12.4 Å². The smallest absolute Gasteiger partial charge is 0.0537 e. The van der Waals surface area contributed by atoms with Crippen molar-refractivity contribution in [3.05, 3.63) is 18.0 Å². The van der Waals surface area contributed by atoms with Crippen LogP contribution in [0.5, 0.6) is 0 Å². The lowest BCUT2D eigenvalue weighted by atomic mass is 9.76. The maximum atomic E-state index is 4.50. The molecule has 0 bridgehead atoms. The zero-order valence-electron chi connectivity index (χ0n) is 12.9. The van der Waals surface area contributed by atoms with Gasteiger partial charge in [-0.1, -0.05) is 34.1 Å². The van der Waals surface area contributed by atoms with Crippen LogP contribution < -0.4 is 5.32 Å². The molecule has 1 aromatic heterocycles. The number of rotatable bonds is 6. The number of aromatic nitrogens is 2.